The molecule has 0 saturated carbocycles. The van der Waals surface area contributed by atoms with Gasteiger partial charge in [-0.2, -0.15) is 0 Å². The fourth-order valence-corrected chi connectivity index (χ4v) is 2.52. The van der Waals surface area contributed by atoms with Crippen molar-refractivity contribution in [2.75, 3.05) is 7.11 Å². The van der Waals surface area contributed by atoms with Crippen LogP contribution in [0.1, 0.15) is 46.5 Å². The Kier molecular flexibility index (Phi) is 4.96. The van der Waals surface area contributed by atoms with E-state index >= 15 is 0 Å². The van der Waals surface area contributed by atoms with Crippen LogP contribution in [0.2, 0.25) is 0 Å². The van der Waals surface area contributed by atoms with E-state index in [2.05, 4.69) is 32.3 Å². The van der Waals surface area contributed by atoms with Gasteiger partial charge in [-0.05, 0) is 31.1 Å². The number of allylic oxidation sites excluding steroid dienone is 1. The Morgan fingerprint density at radius 1 is 1.38 bits per heavy atom. The maximum Gasteiger partial charge on any atom is 0.0823 e. The summed E-state index contributed by atoms with van der Waals surface area (Å²) in [5.74, 6) is 5.71. The van der Waals surface area contributed by atoms with E-state index in [0.29, 0.717) is 0 Å². The number of hydrogen-bond acceptors (Lipinski definition) is 3. The average molecular weight is 226 g/mol. The van der Waals surface area contributed by atoms with Crippen LogP contribution in [0.4, 0.5) is 0 Å². The summed E-state index contributed by atoms with van der Waals surface area (Å²) in [5.41, 5.74) is 4.44. The molecule has 94 valence electrons. The van der Waals surface area contributed by atoms with Crippen molar-refractivity contribution < 1.29 is 4.74 Å². The molecule has 0 aromatic heterocycles. The maximum atomic E-state index is 5.71. The molecule has 0 heterocycles. The Hall–Kier alpha value is -0.380. The molecule has 0 amide bonds. The van der Waals surface area contributed by atoms with E-state index in [-0.39, 0.29) is 17.6 Å². The predicted molar refractivity (Wildman–Crippen MR) is 67.9 cm³/mol. The van der Waals surface area contributed by atoms with Gasteiger partial charge in [0.2, 0.25) is 0 Å². The van der Waals surface area contributed by atoms with Crippen LogP contribution < -0.4 is 11.3 Å². The second-order valence-electron chi connectivity index (χ2n) is 5.69. The molecule has 2 unspecified atom stereocenters. The Balaban J connectivity index is 2.82. The molecule has 0 bridgehead atoms. The van der Waals surface area contributed by atoms with Gasteiger partial charge in [0.25, 0.3) is 0 Å². The summed E-state index contributed by atoms with van der Waals surface area (Å²) in [6, 6.07) is 0.144. The van der Waals surface area contributed by atoms with Gasteiger partial charge in [0.1, 0.15) is 0 Å². The molecule has 0 spiro atoms. The quantitative estimate of drug-likeness (QED) is 0.439. The van der Waals surface area contributed by atoms with Crippen molar-refractivity contribution in [3.05, 3.63) is 11.6 Å². The molecule has 1 rings (SSSR count). The number of ether oxygens (including phenoxy) is 1. The molecule has 0 aromatic carbocycles. The van der Waals surface area contributed by atoms with E-state index in [1.165, 1.54) is 24.8 Å². The first kappa shape index (κ1) is 13.7. The third-order valence-electron chi connectivity index (χ3n) is 3.32. The van der Waals surface area contributed by atoms with Gasteiger partial charge in [-0.25, -0.2) is 0 Å². The van der Waals surface area contributed by atoms with Gasteiger partial charge in [-0.15, -0.1) is 0 Å². The summed E-state index contributed by atoms with van der Waals surface area (Å²) < 4.78 is 5.64. The minimum atomic E-state index is 0.0874. The molecule has 0 fully saturated rings. The second-order valence-corrected chi connectivity index (χ2v) is 5.69. The lowest BCUT2D eigenvalue weighted by molar-refractivity contribution is -0.00341. The molecule has 2 atom stereocenters. The number of rotatable bonds is 4. The highest BCUT2D eigenvalue weighted by Crippen LogP contribution is 2.30. The smallest absolute Gasteiger partial charge is 0.0823 e. The van der Waals surface area contributed by atoms with Crippen LogP contribution in [0, 0.1) is 5.41 Å². The number of nitrogens with two attached hydrogens (primary N) is 1. The minimum absolute atomic E-state index is 0.0874. The van der Waals surface area contributed by atoms with Crippen LogP contribution in [-0.4, -0.2) is 19.3 Å². The first-order valence-electron chi connectivity index (χ1n) is 6.18. The summed E-state index contributed by atoms with van der Waals surface area (Å²) in [6.45, 7) is 6.57. The van der Waals surface area contributed by atoms with Crippen molar-refractivity contribution in [3.63, 3.8) is 0 Å². The van der Waals surface area contributed by atoms with Crippen molar-refractivity contribution >= 4 is 0 Å². The lowest BCUT2D eigenvalue weighted by Crippen LogP contribution is -2.51. The summed E-state index contributed by atoms with van der Waals surface area (Å²) >= 11 is 0. The Bertz CT molecular complexity index is 243. The topological polar surface area (TPSA) is 47.3 Å². The van der Waals surface area contributed by atoms with E-state index in [9.17, 15) is 0 Å². The van der Waals surface area contributed by atoms with Crippen molar-refractivity contribution in [1.29, 1.82) is 0 Å². The van der Waals surface area contributed by atoms with Gasteiger partial charge in [-0.1, -0.05) is 32.4 Å². The van der Waals surface area contributed by atoms with Crippen LogP contribution in [-0.2, 0) is 4.74 Å². The van der Waals surface area contributed by atoms with Gasteiger partial charge in [-0.3, -0.25) is 11.3 Å². The largest absolute Gasteiger partial charge is 0.379 e. The van der Waals surface area contributed by atoms with E-state index in [0.717, 1.165) is 6.42 Å². The highest BCUT2D eigenvalue weighted by atomic mass is 16.5. The van der Waals surface area contributed by atoms with Gasteiger partial charge in [0.05, 0.1) is 12.1 Å². The normalized spacial score (nSPS) is 21.4. The van der Waals surface area contributed by atoms with Crippen molar-refractivity contribution in [3.8, 4) is 0 Å². The highest BCUT2D eigenvalue weighted by molar-refractivity contribution is 5.16. The van der Waals surface area contributed by atoms with Crippen molar-refractivity contribution in [2.45, 2.75) is 58.6 Å². The summed E-state index contributed by atoms with van der Waals surface area (Å²) in [7, 11) is 1.77. The van der Waals surface area contributed by atoms with Crippen LogP contribution in [0.25, 0.3) is 0 Å². The SMILES string of the molecule is COC(C(NN)C1=CCCCC1)C(C)(C)C. The minimum Gasteiger partial charge on any atom is -0.379 e. The third kappa shape index (κ3) is 3.30. The molecule has 3 nitrogen and oxygen atoms in total. The molecule has 3 heteroatoms. The third-order valence-corrected chi connectivity index (χ3v) is 3.32. The maximum absolute atomic E-state index is 5.71. The average Bonchev–Trinajstić information content (AvgIpc) is 2.25. The van der Waals surface area contributed by atoms with Crippen LogP contribution >= 0.6 is 0 Å². The predicted octanol–water partition coefficient (Wildman–Crippen LogP) is 2.38. The Morgan fingerprint density at radius 2 is 2.06 bits per heavy atom. The number of methoxy groups -OCH3 is 1. The monoisotopic (exact) mass is 226 g/mol. The molecule has 0 radical (unpaired) electrons. The molecule has 0 aliphatic heterocycles. The second kappa shape index (κ2) is 5.80. The van der Waals surface area contributed by atoms with Crippen LogP contribution in [0.3, 0.4) is 0 Å². The highest BCUT2D eigenvalue weighted by Gasteiger charge is 2.33. The van der Waals surface area contributed by atoms with E-state index in [1.807, 2.05) is 0 Å². The molecule has 1 aliphatic rings. The lowest BCUT2D eigenvalue weighted by atomic mass is 9.80. The molecule has 1 aliphatic carbocycles. The summed E-state index contributed by atoms with van der Waals surface area (Å²) in [5, 5.41) is 0. The van der Waals surface area contributed by atoms with Crippen molar-refractivity contribution in [1.82, 2.24) is 5.43 Å². The summed E-state index contributed by atoms with van der Waals surface area (Å²) in [6.07, 6.45) is 7.32. The molecule has 0 aromatic rings. The zero-order valence-electron chi connectivity index (χ0n) is 11.0. The van der Waals surface area contributed by atoms with Gasteiger partial charge in [0.15, 0.2) is 0 Å². The molecule has 16 heavy (non-hydrogen) atoms. The number of nitrogens with one attached hydrogen (secondary N) is 1. The zero-order chi connectivity index (χ0) is 12.2. The standard InChI is InChI=1S/C13H26N2O/c1-13(2,3)12(16-4)11(15-14)10-8-6-5-7-9-10/h8,11-12,15H,5-7,9,14H2,1-4H3. The van der Waals surface area contributed by atoms with E-state index in [4.69, 9.17) is 10.6 Å². The first-order valence-corrected chi connectivity index (χ1v) is 6.18. The molecular formula is C13H26N2O. The van der Waals surface area contributed by atoms with Gasteiger partial charge >= 0.3 is 0 Å². The molecule has 0 saturated heterocycles. The van der Waals surface area contributed by atoms with E-state index in [1.54, 1.807) is 7.11 Å². The lowest BCUT2D eigenvalue weighted by Gasteiger charge is -2.37. The fourth-order valence-electron chi connectivity index (χ4n) is 2.52. The zero-order valence-corrected chi connectivity index (χ0v) is 11.0. The molecule has 3 N–H and O–H groups in total. The van der Waals surface area contributed by atoms with Gasteiger partial charge < -0.3 is 4.74 Å². The van der Waals surface area contributed by atoms with Crippen molar-refractivity contribution in [2.24, 2.45) is 11.3 Å². The Morgan fingerprint density at radius 3 is 2.44 bits per heavy atom. The van der Waals surface area contributed by atoms with Crippen LogP contribution in [0.5, 0.6) is 0 Å². The first-order chi connectivity index (χ1) is 7.50. The Labute approximate surface area is 99.4 Å². The van der Waals surface area contributed by atoms with Gasteiger partial charge in [0, 0.05) is 7.11 Å². The fraction of sp³-hybridized carbons (Fsp3) is 0.846. The summed E-state index contributed by atoms with van der Waals surface area (Å²) in [4.78, 5) is 0. The number of hydrazine groups is 1. The number of hydrogen-bond donors (Lipinski definition) is 2. The molecular weight excluding hydrogens is 200 g/mol. The van der Waals surface area contributed by atoms with E-state index < -0.39 is 0 Å². The van der Waals surface area contributed by atoms with Crippen LogP contribution in [0.15, 0.2) is 11.6 Å².